The fourth-order valence-corrected chi connectivity index (χ4v) is 3.70. The van der Waals surface area contributed by atoms with Crippen LogP contribution in [0, 0.1) is 12.7 Å². The van der Waals surface area contributed by atoms with Crippen LogP contribution in [0.2, 0.25) is 0 Å². The maximum Gasteiger partial charge on any atom is 0.254 e. The summed E-state index contributed by atoms with van der Waals surface area (Å²) in [5.41, 5.74) is 2.98. The number of rotatable bonds is 4. The van der Waals surface area contributed by atoms with E-state index in [1.807, 2.05) is 30.0 Å². The van der Waals surface area contributed by atoms with Gasteiger partial charge in [0.2, 0.25) is 0 Å². The number of ether oxygens (including phenoxy) is 1. The number of likely N-dealkylation sites (tertiary alicyclic amines) is 1. The Morgan fingerprint density at radius 2 is 1.89 bits per heavy atom. The van der Waals surface area contributed by atoms with Crippen LogP contribution in [0.4, 0.5) is 4.39 Å². The molecule has 1 aliphatic rings. The summed E-state index contributed by atoms with van der Waals surface area (Å²) in [5.74, 6) is -0.371. The number of carbonyl (C=O) groups is 1. The summed E-state index contributed by atoms with van der Waals surface area (Å²) >= 11 is 0. The maximum absolute atomic E-state index is 13.5. The van der Waals surface area contributed by atoms with Gasteiger partial charge in [0.15, 0.2) is 0 Å². The second-order valence-corrected chi connectivity index (χ2v) is 7.26. The van der Waals surface area contributed by atoms with Gasteiger partial charge in [-0.1, -0.05) is 30.3 Å². The third-order valence-electron chi connectivity index (χ3n) is 5.19. The van der Waals surface area contributed by atoms with Crippen molar-refractivity contribution in [2.75, 3.05) is 13.1 Å². The average molecular weight is 378 g/mol. The monoisotopic (exact) mass is 378 g/mol. The number of halogens is 1. The normalized spacial score (nSPS) is 15.1. The van der Waals surface area contributed by atoms with Crippen molar-refractivity contribution in [3.63, 3.8) is 0 Å². The van der Waals surface area contributed by atoms with Crippen molar-refractivity contribution >= 4 is 16.8 Å². The number of pyridine rings is 1. The fraction of sp³-hybridized carbons (Fsp3) is 0.304. The molecule has 1 amide bonds. The van der Waals surface area contributed by atoms with Gasteiger partial charge in [-0.2, -0.15) is 0 Å². The van der Waals surface area contributed by atoms with E-state index in [1.54, 1.807) is 12.1 Å². The van der Waals surface area contributed by atoms with E-state index in [2.05, 4.69) is 17.1 Å². The second kappa shape index (κ2) is 8.07. The molecule has 4 rings (SSSR count). The van der Waals surface area contributed by atoms with Crippen LogP contribution in [-0.2, 0) is 11.3 Å². The second-order valence-electron chi connectivity index (χ2n) is 7.26. The standard InChI is InChI=1S/C23H23FN2O2/c1-16-13-21(20-8-7-18(24)14-22(20)25-16)23(27)26-11-9-19(10-12-26)28-15-17-5-3-2-4-6-17/h2-8,13-14,19H,9-12,15H2,1H3. The van der Waals surface area contributed by atoms with Crippen molar-refractivity contribution in [1.29, 1.82) is 0 Å². The molecule has 28 heavy (non-hydrogen) atoms. The molecule has 2 heterocycles. The Morgan fingerprint density at radius 1 is 1.14 bits per heavy atom. The van der Waals surface area contributed by atoms with Gasteiger partial charge in [0.1, 0.15) is 5.82 Å². The highest BCUT2D eigenvalue weighted by molar-refractivity contribution is 6.06. The molecule has 1 fully saturated rings. The Morgan fingerprint density at radius 3 is 2.64 bits per heavy atom. The predicted octanol–water partition coefficient (Wildman–Crippen LogP) is 4.50. The minimum atomic E-state index is -0.347. The Balaban J connectivity index is 1.42. The fourth-order valence-electron chi connectivity index (χ4n) is 3.70. The molecule has 5 heteroatoms. The minimum absolute atomic E-state index is 0.0244. The lowest BCUT2D eigenvalue weighted by molar-refractivity contribution is -0.000339. The van der Waals surface area contributed by atoms with Crippen LogP contribution in [-0.4, -0.2) is 35.0 Å². The molecule has 2 aromatic carbocycles. The molecular weight excluding hydrogens is 355 g/mol. The highest BCUT2D eigenvalue weighted by Gasteiger charge is 2.25. The van der Waals surface area contributed by atoms with E-state index >= 15 is 0 Å². The number of hydrogen-bond donors (Lipinski definition) is 0. The number of fused-ring (bicyclic) bond motifs is 1. The van der Waals surface area contributed by atoms with E-state index in [0.29, 0.717) is 41.9 Å². The number of piperidine rings is 1. The maximum atomic E-state index is 13.5. The molecule has 1 aliphatic heterocycles. The van der Waals surface area contributed by atoms with E-state index in [9.17, 15) is 9.18 Å². The quantitative estimate of drug-likeness (QED) is 0.671. The summed E-state index contributed by atoms with van der Waals surface area (Å²) in [6.07, 6.45) is 1.79. The highest BCUT2D eigenvalue weighted by atomic mass is 19.1. The van der Waals surface area contributed by atoms with E-state index in [0.717, 1.165) is 18.4 Å². The first-order valence-electron chi connectivity index (χ1n) is 9.62. The van der Waals surface area contributed by atoms with E-state index < -0.39 is 0 Å². The van der Waals surface area contributed by atoms with Gasteiger partial charge in [-0.15, -0.1) is 0 Å². The number of aryl methyl sites for hydroxylation is 1. The van der Waals surface area contributed by atoms with E-state index in [4.69, 9.17) is 4.74 Å². The van der Waals surface area contributed by atoms with Crippen LogP contribution in [0.1, 0.15) is 34.5 Å². The van der Waals surface area contributed by atoms with Crippen LogP contribution < -0.4 is 0 Å². The SMILES string of the molecule is Cc1cc(C(=O)N2CCC(OCc3ccccc3)CC2)c2ccc(F)cc2n1. The summed E-state index contributed by atoms with van der Waals surface area (Å²) in [5, 5.41) is 0.694. The van der Waals surface area contributed by atoms with Crippen LogP contribution >= 0.6 is 0 Å². The molecule has 1 saturated heterocycles. The summed E-state index contributed by atoms with van der Waals surface area (Å²) < 4.78 is 19.6. The first kappa shape index (κ1) is 18.6. The van der Waals surface area contributed by atoms with E-state index in [1.165, 1.54) is 12.1 Å². The first-order chi connectivity index (χ1) is 13.6. The number of nitrogens with zero attached hydrogens (tertiary/aromatic N) is 2. The Kier molecular flexibility index (Phi) is 5.35. The molecule has 0 aliphatic carbocycles. The predicted molar refractivity (Wildman–Crippen MR) is 107 cm³/mol. The summed E-state index contributed by atoms with van der Waals surface area (Å²) in [6.45, 7) is 3.73. The summed E-state index contributed by atoms with van der Waals surface area (Å²) in [4.78, 5) is 19.3. The van der Waals surface area contributed by atoms with Gasteiger partial charge in [-0.3, -0.25) is 9.78 Å². The lowest BCUT2D eigenvalue weighted by atomic mass is 10.0. The molecule has 0 unspecified atom stereocenters. The smallest absolute Gasteiger partial charge is 0.254 e. The largest absolute Gasteiger partial charge is 0.373 e. The number of aromatic nitrogens is 1. The van der Waals surface area contributed by atoms with Crippen molar-refractivity contribution in [1.82, 2.24) is 9.88 Å². The Hall–Kier alpha value is -2.79. The minimum Gasteiger partial charge on any atom is -0.373 e. The molecule has 0 radical (unpaired) electrons. The number of amides is 1. The van der Waals surface area contributed by atoms with Crippen molar-refractivity contribution in [3.8, 4) is 0 Å². The number of hydrogen-bond acceptors (Lipinski definition) is 3. The third kappa shape index (κ3) is 4.04. The first-order valence-corrected chi connectivity index (χ1v) is 9.62. The molecule has 0 atom stereocenters. The highest BCUT2D eigenvalue weighted by Crippen LogP contribution is 2.23. The summed E-state index contributed by atoms with van der Waals surface area (Å²) in [6, 6.07) is 16.3. The molecule has 1 aromatic heterocycles. The molecule has 0 saturated carbocycles. The van der Waals surface area contributed by atoms with Crippen LogP contribution in [0.5, 0.6) is 0 Å². The van der Waals surface area contributed by atoms with Gasteiger partial charge in [-0.05, 0) is 43.5 Å². The van der Waals surface area contributed by atoms with E-state index in [-0.39, 0.29) is 17.8 Å². The Bertz CT molecular complexity index is 977. The molecule has 144 valence electrons. The van der Waals surface area contributed by atoms with Crippen molar-refractivity contribution in [2.45, 2.75) is 32.5 Å². The average Bonchev–Trinajstić information content (AvgIpc) is 2.72. The molecule has 0 bridgehead atoms. The van der Waals surface area contributed by atoms with Crippen LogP contribution in [0.25, 0.3) is 10.9 Å². The van der Waals surface area contributed by atoms with Gasteiger partial charge < -0.3 is 9.64 Å². The van der Waals surface area contributed by atoms with Gasteiger partial charge in [0, 0.05) is 30.2 Å². The zero-order valence-electron chi connectivity index (χ0n) is 15.9. The van der Waals surface area contributed by atoms with Crippen molar-refractivity contribution < 1.29 is 13.9 Å². The van der Waals surface area contributed by atoms with Crippen LogP contribution in [0.3, 0.4) is 0 Å². The van der Waals surface area contributed by atoms with Gasteiger partial charge in [-0.25, -0.2) is 4.39 Å². The zero-order valence-corrected chi connectivity index (χ0v) is 15.9. The molecule has 3 aromatic rings. The topological polar surface area (TPSA) is 42.4 Å². The zero-order chi connectivity index (χ0) is 19.5. The molecule has 0 N–H and O–H groups in total. The van der Waals surface area contributed by atoms with Crippen molar-refractivity contribution in [2.24, 2.45) is 0 Å². The molecular formula is C23H23FN2O2. The van der Waals surface area contributed by atoms with Gasteiger partial charge >= 0.3 is 0 Å². The number of benzene rings is 2. The number of carbonyl (C=O) groups excluding carboxylic acids is 1. The molecule has 4 nitrogen and oxygen atoms in total. The third-order valence-corrected chi connectivity index (χ3v) is 5.19. The van der Waals surface area contributed by atoms with Crippen LogP contribution in [0.15, 0.2) is 54.6 Å². The Labute approximate surface area is 164 Å². The van der Waals surface area contributed by atoms with Crippen molar-refractivity contribution in [3.05, 3.63) is 77.2 Å². The van der Waals surface area contributed by atoms with Gasteiger partial charge in [0.25, 0.3) is 5.91 Å². The van der Waals surface area contributed by atoms with Gasteiger partial charge in [0.05, 0.1) is 23.8 Å². The lowest BCUT2D eigenvalue weighted by Crippen LogP contribution is -2.41. The lowest BCUT2D eigenvalue weighted by Gasteiger charge is -2.32. The molecule has 0 spiro atoms. The summed E-state index contributed by atoms with van der Waals surface area (Å²) in [7, 11) is 0.